The molecule has 0 N–H and O–H groups in total. The highest BCUT2D eigenvalue weighted by Crippen LogP contribution is 2.45. The Bertz CT molecular complexity index is 1930. The van der Waals surface area contributed by atoms with Gasteiger partial charge in [0.2, 0.25) is 0 Å². The summed E-state index contributed by atoms with van der Waals surface area (Å²) in [7, 11) is 0. The summed E-state index contributed by atoms with van der Waals surface area (Å²) in [4.78, 5) is 0. The lowest BCUT2D eigenvalue weighted by Gasteiger charge is -2.53. The molecule has 0 bridgehead atoms. The first-order valence-electron chi connectivity index (χ1n) is 19.0. The highest BCUT2D eigenvalue weighted by molar-refractivity contribution is 6.31. The molecule has 0 radical (unpaired) electrons. The molecule has 4 atom stereocenters. The molecule has 0 saturated carbocycles. The van der Waals surface area contributed by atoms with Crippen molar-refractivity contribution in [3.05, 3.63) is 184 Å². The van der Waals surface area contributed by atoms with Crippen LogP contribution in [0.5, 0.6) is 5.75 Å². The zero-order valence-corrected chi connectivity index (χ0v) is 32.1. The highest BCUT2D eigenvalue weighted by Gasteiger charge is 2.58. The fraction of sp³-hybridized carbons (Fsp3) is 0.319. The van der Waals surface area contributed by atoms with Gasteiger partial charge < -0.3 is 33.2 Å². The third-order valence-electron chi connectivity index (χ3n) is 9.98. The van der Waals surface area contributed by atoms with Gasteiger partial charge in [0.25, 0.3) is 0 Å². The van der Waals surface area contributed by atoms with E-state index in [2.05, 4.69) is 61.2 Å². The van der Waals surface area contributed by atoms with Crippen LogP contribution in [0.1, 0.15) is 46.4 Å². The van der Waals surface area contributed by atoms with Crippen LogP contribution in [0.4, 0.5) is 0 Å². The molecule has 0 amide bonds. The summed E-state index contributed by atoms with van der Waals surface area (Å²) in [6.45, 7) is 8.83. The van der Waals surface area contributed by atoms with Crippen LogP contribution in [0.25, 0.3) is 0 Å². The molecular weight excluding hydrogens is 712 g/mol. The van der Waals surface area contributed by atoms with E-state index in [1.807, 2.05) is 85.8 Å². The lowest BCUT2D eigenvalue weighted by molar-refractivity contribution is -0.324. The van der Waals surface area contributed by atoms with Crippen LogP contribution in [-0.4, -0.2) is 56.9 Å². The van der Waals surface area contributed by atoms with Gasteiger partial charge >= 0.3 is 0 Å². The number of hydrogen-bond donors (Lipinski definition) is 0. The zero-order chi connectivity index (χ0) is 37.9. The van der Waals surface area contributed by atoms with E-state index < -0.39 is 30.0 Å². The van der Waals surface area contributed by atoms with E-state index >= 15 is 0 Å². The van der Waals surface area contributed by atoms with Crippen molar-refractivity contribution in [2.75, 3.05) is 33.0 Å². The van der Waals surface area contributed by atoms with Gasteiger partial charge in [-0.3, -0.25) is 0 Å². The molecule has 8 heteroatoms. The summed E-state index contributed by atoms with van der Waals surface area (Å²) in [6.07, 6.45) is -1.83. The molecule has 2 fully saturated rings. The first-order valence-corrected chi connectivity index (χ1v) is 19.3. The maximum Gasteiger partial charge on any atom is 0.144 e. The molecule has 286 valence electrons. The Hall–Kier alpha value is -4.31. The van der Waals surface area contributed by atoms with Gasteiger partial charge in [0.15, 0.2) is 0 Å². The molecule has 5 aromatic carbocycles. The maximum atomic E-state index is 7.37. The van der Waals surface area contributed by atoms with E-state index in [4.69, 9.17) is 44.8 Å². The molecular formula is C47H49ClO7. The summed E-state index contributed by atoms with van der Waals surface area (Å²) < 4.78 is 46.7. The number of halogens is 1. The fourth-order valence-corrected chi connectivity index (χ4v) is 7.43. The predicted molar refractivity (Wildman–Crippen MR) is 214 cm³/mol. The normalized spacial score (nSPS) is 21.2. The molecule has 55 heavy (non-hydrogen) atoms. The average Bonchev–Trinajstić information content (AvgIpc) is 3.21. The smallest absolute Gasteiger partial charge is 0.144 e. The molecule has 0 aliphatic carbocycles. The summed E-state index contributed by atoms with van der Waals surface area (Å²) in [5, 5.41) is 0.669. The van der Waals surface area contributed by atoms with Gasteiger partial charge in [-0.2, -0.15) is 0 Å². The highest BCUT2D eigenvalue weighted by atomic mass is 35.5. The minimum Gasteiger partial charge on any atom is -0.494 e. The minimum absolute atomic E-state index is 0.200. The van der Waals surface area contributed by atoms with Crippen molar-refractivity contribution < 1.29 is 33.2 Å². The number of benzene rings is 5. The third kappa shape index (κ3) is 10.1. The lowest BCUT2D eigenvalue weighted by Crippen LogP contribution is -2.67. The Morgan fingerprint density at radius 1 is 0.655 bits per heavy atom. The molecule has 2 aliphatic rings. The molecule has 7 rings (SSSR count). The molecule has 1 spiro atoms. The van der Waals surface area contributed by atoms with E-state index in [0.29, 0.717) is 51.1 Å². The number of ether oxygens (including phenoxy) is 7. The van der Waals surface area contributed by atoms with Crippen LogP contribution in [0.15, 0.2) is 146 Å². The van der Waals surface area contributed by atoms with Crippen LogP contribution in [-0.2, 0) is 54.7 Å². The Labute approximate surface area is 329 Å². The lowest BCUT2D eigenvalue weighted by atomic mass is 9.82. The van der Waals surface area contributed by atoms with Crippen molar-refractivity contribution in [3.63, 3.8) is 0 Å². The van der Waals surface area contributed by atoms with E-state index in [0.717, 1.165) is 44.7 Å². The number of rotatable bonds is 14. The van der Waals surface area contributed by atoms with Gasteiger partial charge in [0, 0.05) is 5.02 Å². The zero-order valence-electron chi connectivity index (χ0n) is 31.3. The molecule has 7 nitrogen and oxygen atoms in total. The first-order chi connectivity index (χ1) is 27.0. The Balaban J connectivity index is 1.30. The standard InChI is InChI=1S/C47H49ClO7/c1-3-51-41-22-19-35(20-23-41)25-40-26-39(21-24-42(40)48)43-44(52-29-36-13-7-4-8-14-36)45(53-30-37-15-9-5-10-16-37)46(54-31-38-17-11-6-12-18-38)47(55-43)32-49-27-34(2)28-50-33-47/h4-24,26,43-46H,2-3,25,27-33H2,1H3/t43-,44-,45+,46-/m0/s1. The molecule has 2 saturated heterocycles. The van der Waals surface area contributed by atoms with Gasteiger partial charge in [-0.1, -0.05) is 133 Å². The third-order valence-corrected chi connectivity index (χ3v) is 10.3. The van der Waals surface area contributed by atoms with Crippen LogP contribution < -0.4 is 4.74 Å². The summed E-state index contributed by atoms with van der Waals surface area (Å²) in [5.74, 6) is 0.836. The van der Waals surface area contributed by atoms with Gasteiger partial charge in [0.1, 0.15) is 35.8 Å². The molecule has 2 aliphatic heterocycles. The Morgan fingerprint density at radius 3 is 1.76 bits per heavy atom. The predicted octanol–water partition coefficient (Wildman–Crippen LogP) is 9.50. The van der Waals surface area contributed by atoms with E-state index in [1.54, 1.807) is 0 Å². The monoisotopic (exact) mass is 760 g/mol. The second-order valence-corrected chi connectivity index (χ2v) is 14.6. The topological polar surface area (TPSA) is 64.6 Å². The molecule has 2 heterocycles. The first kappa shape index (κ1) is 38.9. The second-order valence-electron chi connectivity index (χ2n) is 14.2. The van der Waals surface area contributed by atoms with Crippen molar-refractivity contribution >= 4 is 11.6 Å². The minimum atomic E-state index is -1.07. The number of hydrogen-bond acceptors (Lipinski definition) is 7. The van der Waals surface area contributed by atoms with Gasteiger partial charge in [0.05, 0.1) is 52.9 Å². The van der Waals surface area contributed by atoms with E-state index in [-0.39, 0.29) is 13.2 Å². The SMILES string of the molecule is C=C1COCC2(COC1)O[C@@H](c1ccc(Cl)c(Cc3ccc(OCC)cc3)c1)[C@H](OCc1ccccc1)[C@@H](OCc1ccccc1)[C@@H]2OCc1ccccc1. The van der Waals surface area contributed by atoms with Crippen LogP contribution in [0.2, 0.25) is 5.02 Å². The summed E-state index contributed by atoms with van der Waals surface area (Å²) >= 11 is 6.92. The maximum absolute atomic E-state index is 7.37. The summed E-state index contributed by atoms with van der Waals surface area (Å²) in [6, 6.07) is 44.7. The quantitative estimate of drug-likeness (QED) is 0.105. The van der Waals surface area contributed by atoms with Crippen LogP contribution in [0.3, 0.4) is 0 Å². The molecule has 0 unspecified atom stereocenters. The van der Waals surface area contributed by atoms with Crippen molar-refractivity contribution in [3.8, 4) is 5.75 Å². The van der Waals surface area contributed by atoms with Crippen LogP contribution >= 0.6 is 11.6 Å². The Kier molecular flexibility index (Phi) is 13.5. The van der Waals surface area contributed by atoms with E-state index in [1.165, 1.54) is 0 Å². The summed E-state index contributed by atoms with van der Waals surface area (Å²) in [5.41, 5.74) is 5.88. The van der Waals surface area contributed by atoms with Crippen molar-refractivity contribution in [2.45, 2.75) is 63.2 Å². The van der Waals surface area contributed by atoms with Gasteiger partial charge in [-0.15, -0.1) is 0 Å². The second kappa shape index (κ2) is 19.0. The Morgan fingerprint density at radius 2 is 1.20 bits per heavy atom. The van der Waals surface area contributed by atoms with Gasteiger partial charge in [-0.25, -0.2) is 0 Å². The fourth-order valence-electron chi connectivity index (χ4n) is 7.24. The molecule has 0 aromatic heterocycles. The van der Waals surface area contributed by atoms with Crippen molar-refractivity contribution in [1.82, 2.24) is 0 Å². The van der Waals surface area contributed by atoms with Crippen molar-refractivity contribution in [1.29, 1.82) is 0 Å². The van der Waals surface area contributed by atoms with Crippen molar-refractivity contribution in [2.24, 2.45) is 0 Å². The van der Waals surface area contributed by atoms with Crippen LogP contribution in [0, 0.1) is 0 Å². The largest absolute Gasteiger partial charge is 0.494 e. The van der Waals surface area contributed by atoms with E-state index in [9.17, 15) is 0 Å². The average molecular weight is 761 g/mol. The molecule has 5 aromatic rings. The van der Waals surface area contributed by atoms with Gasteiger partial charge in [-0.05, 0) is 70.5 Å².